The van der Waals surface area contributed by atoms with E-state index in [1.165, 1.54) is 0 Å². The van der Waals surface area contributed by atoms with E-state index in [4.69, 9.17) is 5.11 Å². The summed E-state index contributed by atoms with van der Waals surface area (Å²) in [6.07, 6.45) is 0.537. The highest BCUT2D eigenvalue weighted by Crippen LogP contribution is 2.22. The highest BCUT2D eigenvalue weighted by Gasteiger charge is 2.33. The van der Waals surface area contributed by atoms with Crippen molar-refractivity contribution in [2.24, 2.45) is 5.41 Å². The van der Waals surface area contributed by atoms with E-state index >= 15 is 0 Å². The molecule has 0 aliphatic heterocycles. The number of hydrogen-bond acceptors (Lipinski definition) is 3. The molecular formula is C15H21NO4. The minimum Gasteiger partial charge on any atom is -0.479 e. The van der Waals surface area contributed by atoms with E-state index < -0.39 is 17.0 Å². The van der Waals surface area contributed by atoms with Gasteiger partial charge in [-0.1, -0.05) is 44.2 Å². The Hall–Kier alpha value is -1.88. The molecule has 0 bridgehead atoms. The van der Waals surface area contributed by atoms with E-state index in [1.54, 1.807) is 13.8 Å². The Bertz CT molecular complexity index is 480. The number of hydrogen-bond donors (Lipinski definition) is 3. The molecule has 0 aromatic heterocycles. The predicted octanol–water partition coefficient (Wildman–Crippen LogP) is 1.21. The molecule has 5 nitrogen and oxygen atoms in total. The average Bonchev–Trinajstić information content (AvgIpc) is 2.36. The summed E-state index contributed by atoms with van der Waals surface area (Å²) in [5.41, 5.74) is -1.62. The lowest BCUT2D eigenvalue weighted by molar-refractivity contribution is -0.156. The number of nitrogens with one attached hydrogen (secondary N) is 1. The lowest BCUT2D eigenvalue weighted by Crippen LogP contribution is -2.49. The number of carbonyl (C=O) groups excluding carboxylic acids is 1. The molecule has 0 saturated carbocycles. The van der Waals surface area contributed by atoms with Crippen LogP contribution in [0.5, 0.6) is 0 Å². The molecule has 20 heavy (non-hydrogen) atoms. The summed E-state index contributed by atoms with van der Waals surface area (Å²) in [5.74, 6) is -1.65. The van der Waals surface area contributed by atoms with Crippen molar-refractivity contribution in [1.29, 1.82) is 0 Å². The van der Waals surface area contributed by atoms with Gasteiger partial charge in [0.05, 0.1) is 6.54 Å². The van der Waals surface area contributed by atoms with Gasteiger partial charge in [0.15, 0.2) is 5.60 Å². The smallest absolute Gasteiger partial charge is 0.337 e. The maximum atomic E-state index is 12.1. The first-order valence-electron chi connectivity index (χ1n) is 6.43. The van der Waals surface area contributed by atoms with Crippen LogP contribution in [0.3, 0.4) is 0 Å². The van der Waals surface area contributed by atoms with Gasteiger partial charge in [0.2, 0.25) is 5.91 Å². The standard InChI is InChI=1S/C15H21NO4/c1-14(2,9-11-7-5-4-6-8-11)12(17)16-10-15(3,20)13(18)19/h4-8,20H,9-10H2,1-3H3,(H,16,17)(H,18,19). The van der Waals surface area contributed by atoms with Gasteiger partial charge in [-0.2, -0.15) is 0 Å². The fourth-order valence-corrected chi connectivity index (χ4v) is 1.75. The second-order valence-corrected chi connectivity index (χ2v) is 5.81. The van der Waals surface area contributed by atoms with Crippen LogP contribution in [-0.2, 0) is 16.0 Å². The predicted molar refractivity (Wildman–Crippen MR) is 75.2 cm³/mol. The lowest BCUT2D eigenvalue weighted by Gasteiger charge is -2.26. The van der Waals surface area contributed by atoms with E-state index in [-0.39, 0.29) is 12.5 Å². The van der Waals surface area contributed by atoms with Crippen LogP contribution in [0.4, 0.5) is 0 Å². The molecule has 1 rings (SSSR count). The molecule has 1 aromatic carbocycles. The zero-order valence-electron chi connectivity index (χ0n) is 12.0. The van der Waals surface area contributed by atoms with Gasteiger partial charge in [-0.25, -0.2) is 4.79 Å². The van der Waals surface area contributed by atoms with Gasteiger partial charge >= 0.3 is 5.97 Å². The van der Waals surface area contributed by atoms with Crippen molar-refractivity contribution in [3.63, 3.8) is 0 Å². The minimum absolute atomic E-state index is 0.289. The maximum Gasteiger partial charge on any atom is 0.337 e. The third-order valence-corrected chi connectivity index (χ3v) is 3.16. The van der Waals surface area contributed by atoms with Crippen molar-refractivity contribution >= 4 is 11.9 Å². The van der Waals surface area contributed by atoms with Crippen LogP contribution in [0.15, 0.2) is 30.3 Å². The molecule has 1 amide bonds. The lowest BCUT2D eigenvalue weighted by atomic mass is 9.84. The molecule has 1 atom stereocenters. The van der Waals surface area contributed by atoms with Crippen LogP contribution in [0.1, 0.15) is 26.3 Å². The third kappa shape index (κ3) is 4.35. The Kier molecular flexibility index (Phi) is 4.89. The Labute approximate surface area is 118 Å². The van der Waals surface area contributed by atoms with Gasteiger partial charge in [-0.3, -0.25) is 4.79 Å². The number of rotatable bonds is 6. The molecule has 0 heterocycles. The first kappa shape index (κ1) is 16.2. The van der Waals surface area contributed by atoms with Crippen LogP contribution < -0.4 is 5.32 Å². The minimum atomic E-state index is -1.96. The van der Waals surface area contributed by atoms with Gasteiger partial charge in [0.25, 0.3) is 0 Å². The Morgan fingerprint density at radius 2 is 1.70 bits per heavy atom. The van der Waals surface area contributed by atoms with E-state index in [0.717, 1.165) is 12.5 Å². The van der Waals surface area contributed by atoms with Gasteiger partial charge in [0, 0.05) is 5.41 Å². The van der Waals surface area contributed by atoms with Gasteiger partial charge in [0.1, 0.15) is 0 Å². The highest BCUT2D eigenvalue weighted by molar-refractivity contribution is 5.83. The van der Waals surface area contributed by atoms with E-state index in [1.807, 2.05) is 30.3 Å². The van der Waals surface area contributed by atoms with Crippen LogP contribution in [0, 0.1) is 5.41 Å². The van der Waals surface area contributed by atoms with Crippen molar-refractivity contribution in [3.05, 3.63) is 35.9 Å². The molecule has 0 saturated heterocycles. The van der Waals surface area contributed by atoms with Crippen molar-refractivity contribution in [3.8, 4) is 0 Å². The fourth-order valence-electron chi connectivity index (χ4n) is 1.75. The normalized spacial score (nSPS) is 14.4. The quantitative estimate of drug-likeness (QED) is 0.730. The first-order valence-corrected chi connectivity index (χ1v) is 6.43. The second-order valence-electron chi connectivity index (χ2n) is 5.81. The van der Waals surface area contributed by atoms with Crippen LogP contribution in [-0.4, -0.2) is 34.2 Å². The second kappa shape index (κ2) is 6.05. The number of carboxylic acid groups (broad SMARTS) is 1. The summed E-state index contributed by atoms with van der Waals surface area (Å²) >= 11 is 0. The summed E-state index contributed by atoms with van der Waals surface area (Å²) in [5, 5.41) is 20.9. The van der Waals surface area contributed by atoms with Gasteiger partial charge in [-0.05, 0) is 18.9 Å². The van der Waals surface area contributed by atoms with Gasteiger partial charge in [-0.15, -0.1) is 0 Å². The molecule has 3 N–H and O–H groups in total. The van der Waals surface area contributed by atoms with E-state index in [2.05, 4.69) is 5.32 Å². The van der Waals surface area contributed by atoms with Crippen LogP contribution in [0.25, 0.3) is 0 Å². The summed E-state index contributed by atoms with van der Waals surface area (Å²) in [7, 11) is 0. The number of aliphatic hydroxyl groups is 1. The SMILES string of the molecule is CC(C)(Cc1ccccc1)C(=O)NCC(C)(O)C(=O)O. The first-order chi connectivity index (χ1) is 9.15. The summed E-state index contributed by atoms with van der Waals surface area (Å²) < 4.78 is 0. The number of carboxylic acids is 1. The Morgan fingerprint density at radius 1 is 1.15 bits per heavy atom. The van der Waals surface area contributed by atoms with E-state index in [9.17, 15) is 14.7 Å². The third-order valence-electron chi connectivity index (χ3n) is 3.16. The molecule has 0 aliphatic rings. The molecule has 0 fully saturated rings. The van der Waals surface area contributed by atoms with E-state index in [0.29, 0.717) is 6.42 Å². The Morgan fingerprint density at radius 3 is 2.20 bits per heavy atom. The van der Waals surface area contributed by atoms with Crippen molar-refractivity contribution in [2.75, 3.05) is 6.54 Å². The molecule has 0 radical (unpaired) electrons. The zero-order valence-corrected chi connectivity index (χ0v) is 12.0. The summed E-state index contributed by atoms with van der Waals surface area (Å²) in [6, 6.07) is 9.57. The monoisotopic (exact) mass is 279 g/mol. The molecule has 110 valence electrons. The summed E-state index contributed by atoms with van der Waals surface area (Å²) in [6.45, 7) is 4.40. The number of carbonyl (C=O) groups is 2. The van der Waals surface area contributed by atoms with Crippen molar-refractivity contribution < 1.29 is 19.8 Å². The van der Waals surface area contributed by atoms with Crippen LogP contribution >= 0.6 is 0 Å². The molecule has 1 unspecified atom stereocenters. The summed E-state index contributed by atoms with van der Waals surface area (Å²) in [4.78, 5) is 22.9. The maximum absolute atomic E-state index is 12.1. The molecule has 1 aromatic rings. The van der Waals surface area contributed by atoms with Crippen LogP contribution in [0.2, 0.25) is 0 Å². The number of amides is 1. The molecular weight excluding hydrogens is 258 g/mol. The topological polar surface area (TPSA) is 86.6 Å². The number of aliphatic carboxylic acids is 1. The number of benzene rings is 1. The molecule has 0 aliphatic carbocycles. The Balaban J connectivity index is 2.64. The molecule has 0 spiro atoms. The molecule has 5 heteroatoms. The van der Waals surface area contributed by atoms with Crippen molar-refractivity contribution in [2.45, 2.75) is 32.8 Å². The average molecular weight is 279 g/mol. The zero-order chi connectivity index (χ0) is 15.4. The largest absolute Gasteiger partial charge is 0.479 e. The fraction of sp³-hybridized carbons (Fsp3) is 0.467. The highest BCUT2D eigenvalue weighted by atomic mass is 16.4. The van der Waals surface area contributed by atoms with Gasteiger partial charge < -0.3 is 15.5 Å². The van der Waals surface area contributed by atoms with Crippen molar-refractivity contribution in [1.82, 2.24) is 5.32 Å².